The van der Waals surface area contributed by atoms with E-state index in [4.69, 9.17) is 17.3 Å². The fourth-order valence-corrected chi connectivity index (χ4v) is 7.73. The molecule has 1 atom stereocenters. The van der Waals surface area contributed by atoms with Crippen molar-refractivity contribution in [1.29, 1.82) is 0 Å². The molecular weight excluding hydrogens is 540 g/mol. The molecule has 1 aromatic heterocycles. The number of nitrogens with one attached hydrogen (secondary N) is 1. The van der Waals surface area contributed by atoms with Gasteiger partial charge in [-0.15, -0.1) is 0 Å². The predicted octanol–water partition coefficient (Wildman–Crippen LogP) is 2.53. The van der Waals surface area contributed by atoms with Gasteiger partial charge in [0.05, 0.1) is 23.2 Å². The highest BCUT2D eigenvalue weighted by Gasteiger charge is 2.35. The van der Waals surface area contributed by atoms with Gasteiger partial charge in [0.2, 0.25) is 0 Å². The van der Waals surface area contributed by atoms with Crippen molar-refractivity contribution in [3.8, 4) is 11.5 Å². The zero-order valence-corrected chi connectivity index (χ0v) is 22.2. The molecule has 5 rings (SSSR count). The predicted molar refractivity (Wildman–Crippen MR) is 140 cm³/mol. The number of hydrogen-bond acceptors (Lipinski definition) is 8. The van der Waals surface area contributed by atoms with E-state index in [0.717, 1.165) is 30.2 Å². The largest absolute Gasteiger partial charge is 0.507 e. The minimum Gasteiger partial charge on any atom is -0.507 e. The van der Waals surface area contributed by atoms with Crippen molar-refractivity contribution in [2.24, 2.45) is 5.73 Å². The number of fused-ring (bicyclic) bond motifs is 5. The second-order valence-electron chi connectivity index (χ2n) is 9.56. The highest BCUT2D eigenvalue weighted by molar-refractivity contribution is 7.93. The van der Waals surface area contributed by atoms with E-state index < -0.39 is 22.0 Å². The fourth-order valence-electron chi connectivity index (χ4n) is 5.03. The molecule has 1 aliphatic carbocycles. The average Bonchev–Trinajstić information content (AvgIpc) is 3.22. The lowest BCUT2D eigenvalue weighted by Crippen LogP contribution is -2.48. The normalized spacial score (nSPS) is 24.5. The van der Waals surface area contributed by atoms with Crippen molar-refractivity contribution in [1.82, 2.24) is 4.90 Å². The molecular formula is C24H28ClN4O6S2+. The fraction of sp³-hybridized carbons (Fsp3) is 0.417. The number of phenols is 2. The molecule has 2 bridgehead atoms. The van der Waals surface area contributed by atoms with Gasteiger partial charge in [0, 0.05) is 25.0 Å². The van der Waals surface area contributed by atoms with Gasteiger partial charge in [0.15, 0.2) is 11.3 Å². The van der Waals surface area contributed by atoms with E-state index in [9.17, 15) is 28.5 Å². The Morgan fingerprint density at radius 2 is 1.78 bits per heavy atom. The lowest BCUT2D eigenvalue weighted by molar-refractivity contribution is -0.654. The Bertz CT molecular complexity index is 1470. The quantitative estimate of drug-likeness (QED) is 0.283. The summed E-state index contributed by atoms with van der Waals surface area (Å²) in [4.78, 5) is 15.0. The Hall–Kier alpha value is -2.64. The van der Waals surface area contributed by atoms with Crippen LogP contribution < -0.4 is 15.0 Å². The number of amides is 1. The number of aromatic nitrogens is 1. The number of phenolic OH excluding ortho intramolecular Hbond substituents is 2. The zero-order valence-electron chi connectivity index (χ0n) is 19.8. The van der Waals surface area contributed by atoms with Gasteiger partial charge < -0.3 is 26.0 Å². The van der Waals surface area contributed by atoms with Crippen LogP contribution in [0.3, 0.4) is 0 Å². The molecule has 1 fully saturated rings. The summed E-state index contributed by atoms with van der Waals surface area (Å²) in [5.41, 5.74) is 6.24. The summed E-state index contributed by atoms with van der Waals surface area (Å²) in [6.45, 7) is 0.139. The molecule has 37 heavy (non-hydrogen) atoms. The van der Waals surface area contributed by atoms with Crippen LogP contribution in [0, 0.1) is 0 Å². The van der Waals surface area contributed by atoms with Crippen LogP contribution in [0.2, 0.25) is 5.02 Å². The summed E-state index contributed by atoms with van der Waals surface area (Å²) in [7, 11) is -4.20. The van der Waals surface area contributed by atoms with Crippen LogP contribution in [0.4, 0.5) is 5.13 Å². The van der Waals surface area contributed by atoms with Gasteiger partial charge in [-0.1, -0.05) is 11.6 Å². The number of aromatic hydroxyl groups is 2. The third-order valence-electron chi connectivity index (χ3n) is 7.04. The number of anilines is 1. The van der Waals surface area contributed by atoms with Crippen molar-refractivity contribution in [2.45, 2.75) is 61.7 Å². The van der Waals surface area contributed by atoms with Crippen LogP contribution in [0.25, 0.3) is 10.2 Å². The number of nitrogens with zero attached hydrogens (tertiary/aromatic N) is 2. The number of thiazole rings is 1. The Morgan fingerprint density at radius 3 is 2.51 bits per heavy atom. The Morgan fingerprint density at radius 1 is 1.08 bits per heavy atom. The second kappa shape index (κ2) is 9.91. The lowest BCUT2D eigenvalue weighted by Gasteiger charge is -2.37. The van der Waals surface area contributed by atoms with E-state index in [2.05, 4.69) is 4.72 Å². The minimum absolute atomic E-state index is 0.00666. The molecule has 1 saturated carbocycles. The first-order valence-electron chi connectivity index (χ1n) is 12.0. The van der Waals surface area contributed by atoms with Gasteiger partial charge in [-0.3, -0.25) is 4.79 Å². The maximum absolute atomic E-state index is 13.7. The van der Waals surface area contributed by atoms with Gasteiger partial charge in [0.1, 0.15) is 15.3 Å². The number of halogens is 1. The van der Waals surface area contributed by atoms with E-state index >= 15 is 0 Å². The topological polar surface area (TPSA) is 157 Å². The highest BCUT2D eigenvalue weighted by atomic mass is 35.5. The summed E-state index contributed by atoms with van der Waals surface area (Å²) in [6.07, 6.45) is 1.92. The molecule has 0 radical (unpaired) electrons. The van der Waals surface area contributed by atoms with Gasteiger partial charge in [0.25, 0.3) is 5.91 Å². The van der Waals surface area contributed by atoms with E-state index in [-0.39, 0.29) is 58.7 Å². The Labute approximate surface area is 223 Å². The molecule has 3 aromatic rings. The molecule has 1 aliphatic heterocycles. The molecule has 0 spiro atoms. The van der Waals surface area contributed by atoms with Gasteiger partial charge in [-0.05, 0) is 67.4 Å². The number of rotatable bonds is 1. The highest BCUT2D eigenvalue weighted by Crippen LogP contribution is 2.37. The van der Waals surface area contributed by atoms with Crippen LogP contribution in [0.5, 0.6) is 11.5 Å². The van der Waals surface area contributed by atoms with Crippen LogP contribution in [-0.4, -0.2) is 59.3 Å². The second-order valence-corrected chi connectivity index (χ2v) is 12.6. The lowest BCUT2D eigenvalue weighted by atomic mass is 9.90. The van der Waals surface area contributed by atoms with Crippen LogP contribution in [-0.2, 0) is 16.6 Å². The standard InChI is InChI=1S/C24H27ClN4O6S2/c25-18-6-8-20(32)21-22(18)36-24-27-37(34,35)16-5-7-19(31)17(11-16)23(33)29(12-15(30)9-10-28(21)24)14-3-1-13(26)2-4-14/h5-8,11,13-15,30H,1-4,9-10,12,26H2,(H2,31,32,33)/p+1/t13?,14?,15-/m0/s1. The molecule has 0 saturated heterocycles. The molecule has 0 unspecified atom stereocenters. The molecule has 1 amide bonds. The number of sulfonamides is 1. The number of β-amino-alcohol motifs (C(OH)–C–C–N with tert-alkyl or cyclic N) is 1. The van der Waals surface area contributed by atoms with Gasteiger partial charge in [-0.2, -0.15) is 13.1 Å². The molecule has 13 heteroatoms. The van der Waals surface area contributed by atoms with E-state index in [1.807, 2.05) is 0 Å². The number of aliphatic hydroxyl groups excluding tert-OH is 1. The summed E-state index contributed by atoms with van der Waals surface area (Å²) < 4.78 is 31.4. The first-order chi connectivity index (χ1) is 17.5. The van der Waals surface area contributed by atoms with Crippen LogP contribution in [0.15, 0.2) is 35.2 Å². The van der Waals surface area contributed by atoms with Crippen LogP contribution in [0.1, 0.15) is 42.5 Å². The number of aryl methyl sites for hydroxylation is 1. The summed E-state index contributed by atoms with van der Waals surface area (Å²) in [6, 6.07) is 6.32. The number of nitrogens with two attached hydrogens (primary N) is 1. The third kappa shape index (κ3) is 4.96. The summed E-state index contributed by atoms with van der Waals surface area (Å²) in [5.74, 6) is -0.979. The maximum Gasteiger partial charge on any atom is 0.350 e. The van der Waals surface area contributed by atoms with E-state index in [0.29, 0.717) is 28.1 Å². The van der Waals surface area contributed by atoms with Gasteiger partial charge in [-0.25, -0.2) is 4.57 Å². The Kier molecular flexibility index (Phi) is 6.96. The summed E-state index contributed by atoms with van der Waals surface area (Å²) in [5, 5.41) is 32.6. The van der Waals surface area contributed by atoms with E-state index in [1.54, 1.807) is 4.57 Å². The molecule has 2 heterocycles. The molecule has 198 valence electrons. The molecule has 10 nitrogen and oxygen atoms in total. The number of carbonyl (C=O) groups excluding carboxylic acids is 1. The van der Waals surface area contributed by atoms with Crippen molar-refractivity contribution in [2.75, 3.05) is 11.3 Å². The van der Waals surface area contributed by atoms with Gasteiger partial charge >= 0.3 is 15.2 Å². The van der Waals surface area contributed by atoms with Crippen LogP contribution >= 0.6 is 22.9 Å². The minimum atomic E-state index is -4.20. The number of aliphatic hydroxyl groups is 1. The number of benzene rings is 2. The third-order valence-corrected chi connectivity index (χ3v) is 10.1. The number of carbonyl (C=O) groups is 1. The van der Waals surface area contributed by atoms with Crippen molar-refractivity contribution in [3.63, 3.8) is 0 Å². The molecule has 2 aliphatic rings. The van der Waals surface area contributed by atoms with E-state index in [1.165, 1.54) is 29.2 Å². The first-order valence-corrected chi connectivity index (χ1v) is 14.7. The average molecular weight is 568 g/mol. The monoisotopic (exact) mass is 567 g/mol. The van der Waals surface area contributed by atoms with Crippen molar-refractivity contribution >= 4 is 54.2 Å². The molecule has 2 aromatic carbocycles. The van der Waals surface area contributed by atoms with Crippen molar-refractivity contribution < 1.29 is 33.1 Å². The molecule has 6 N–H and O–H groups in total. The Balaban J connectivity index is 1.64. The van der Waals surface area contributed by atoms with Crippen molar-refractivity contribution in [3.05, 3.63) is 40.9 Å². The maximum atomic E-state index is 13.7. The number of hydrogen-bond donors (Lipinski definition) is 5. The zero-order chi connectivity index (χ0) is 26.5. The summed E-state index contributed by atoms with van der Waals surface area (Å²) >= 11 is 7.40. The smallest absolute Gasteiger partial charge is 0.350 e. The first kappa shape index (κ1) is 26.0. The SMILES string of the molecule is NC1CCC(N2C[C@@H](O)CC[n+]3c(sc4c(Cl)ccc(O)c43)NS(=O)(=O)c3ccc(O)c(c3)C2=O)CC1.